The molecular weight excluding hydrogens is 168 g/mol. The third-order valence-electron chi connectivity index (χ3n) is 1.66. The van der Waals surface area contributed by atoms with Crippen LogP contribution in [0.1, 0.15) is 27.7 Å². The van der Waals surface area contributed by atoms with E-state index in [4.69, 9.17) is 0 Å². The molecule has 0 aliphatic carbocycles. The number of hydrogen-bond acceptors (Lipinski definition) is 2. The van der Waals surface area contributed by atoms with E-state index in [9.17, 15) is 9.59 Å². The maximum absolute atomic E-state index is 11.4. The first-order valence-corrected chi connectivity index (χ1v) is 4.53. The molecule has 0 aliphatic heterocycles. The minimum Gasteiger partial charge on any atom is -0.355 e. The second-order valence-corrected chi connectivity index (χ2v) is 3.32. The Morgan fingerprint density at radius 2 is 1.85 bits per heavy atom. The molecule has 0 saturated heterocycles. The van der Waals surface area contributed by atoms with Gasteiger partial charge >= 0.3 is 0 Å². The topological polar surface area (TPSA) is 58.2 Å². The average molecular weight is 186 g/mol. The van der Waals surface area contributed by atoms with E-state index in [0.29, 0.717) is 6.54 Å². The lowest BCUT2D eigenvalue weighted by atomic mass is 10.0. The van der Waals surface area contributed by atoms with Gasteiger partial charge in [0.25, 0.3) is 0 Å². The van der Waals surface area contributed by atoms with Crippen LogP contribution >= 0.6 is 0 Å². The van der Waals surface area contributed by atoms with Crippen molar-refractivity contribution in [1.29, 1.82) is 0 Å². The third-order valence-corrected chi connectivity index (χ3v) is 1.66. The Labute approximate surface area is 79.1 Å². The molecule has 0 radical (unpaired) electrons. The van der Waals surface area contributed by atoms with Crippen LogP contribution in [0.3, 0.4) is 0 Å². The molecule has 0 spiro atoms. The van der Waals surface area contributed by atoms with Gasteiger partial charge in [-0.05, 0) is 12.8 Å². The predicted molar refractivity (Wildman–Crippen MR) is 51.1 cm³/mol. The van der Waals surface area contributed by atoms with Gasteiger partial charge in [0, 0.05) is 13.5 Å². The molecule has 0 aliphatic rings. The largest absolute Gasteiger partial charge is 0.355 e. The van der Waals surface area contributed by atoms with Crippen LogP contribution in [0.5, 0.6) is 0 Å². The number of hydrogen-bond donors (Lipinski definition) is 2. The lowest BCUT2D eigenvalue weighted by molar-refractivity contribution is -0.129. The second-order valence-electron chi connectivity index (χ2n) is 3.32. The minimum absolute atomic E-state index is 0.107. The summed E-state index contributed by atoms with van der Waals surface area (Å²) in [5.74, 6) is -0.187. The summed E-state index contributed by atoms with van der Waals surface area (Å²) in [6, 6.07) is -0.419. The zero-order valence-electron chi connectivity index (χ0n) is 8.68. The van der Waals surface area contributed by atoms with Crippen molar-refractivity contribution in [2.24, 2.45) is 5.92 Å². The lowest BCUT2D eigenvalue weighted by Gasteiger charge is -2.20. The molecule has 0 unspecified atom stereocenters. The predicted octanol–water partition coefficient (Wildman–Crippen LogP) is 0.283. The molecule has 0 aromatic carbocycles. The van der Waals surface area contributed by atoms with Crippen LogP contribution in [0.4, 0.5) is 0 Å². The Balaban J connectivity index is 4.24. The Morgan fingerprint density at radius 3 is 2.15 bits per heavy atom. The van der Waals surface area contributed by atoms with Gasteiger partial charge in [-0.25, -0.2) is 0 Å². The van der Waals surface area contributed by atoms with Gasteiger partial charge < -0.3 is 10.6 Å². The summed E-state index contributed by atoms with van der Waals surface area (Å²) < 4.78 is 0. The van der Waals surface area contributed by atoms with E-state index >= 15 is 0 Å². The molecule has 2 N–H and O–H groups in total. The molecule has 0 heterocycles. The second kappa shape index (κ2) is 5.56. The van der Waals surface area contributed by atoms with Gasteiger partial charge in [-0.2, -0.15) is 0 Å². The highest BCUT2D eigenvalue weighted by Gasteiger charge is 2.21. The molecule has 4 nitrogen and oxygen atoms in total. The first-order chi connectivity index (χ1) is 5.99. The zero-order chi connectivity index (χ0) is 10.4. The van der Waals surface area contributed by atoms with Crippen molar-refractivity contribution < 1.29 is 9.59 Å². The van der Waals surface area contributed by atoms with Crippen molar-refractivity contribution in [2.75, 3.05) is 6.54 Å². The van der Waals surface area contributed by atoms with Crippen molar-refractivity contribution >= 4 is 11.8 Å². The fourth-order valence-corrected chi connectivity index (χ4v) is 1.04. The van der Waals surface area contributed by atoms with Crippen LogP contribution in [0.25, 0.3) is 0 Å². The maximum Gasteiger partial charge on any atom is 0.242 e. The zero-order valence-corrected chi connectivity index (χ0v) is 8.68. The maximum atomic E-state index is 11.4. The van der Waals surface area contributed by atoms with Crippen molar-refractivity contribution in [3.63, 3.8) is 0 Å². The highest BCUT2D eigenvalue weighted by atomic mass is 16.2. The van der Waals surface area contributed by atoms with Crippen molar-refractivity contribution in [2.45, 2.75) is 33.7 Å². The summed E-state index contributed by atoms with van der Waals surface area (Å²) in [6.07, 6.45) is 0. The molecule has 4 heteroatoms. The summed E-state index contributed by atoms with van der Waals surface area (Å²) >= 11 is 0. The SMILES string of the molecule is CCNC(=O)[C@@H](NC(C)=O)C(C)C. The van der Waals surface area contributed by atoms with Crippen LogP contribution in [-0.4, -0.2) is 24.4 Å². The monoisotopic (exact) mass is 186 g/mol. The molecule has 0 bridgehead atoms. The highest BCUT2D eigenvalue weighted by molar-refractivity contribution is 5.86. The standard InChI is InChI=1S/C9H18N2O2/c1-5-10-9(13)8(6(2)3)11-7(4)12/h6,8H,5H2,1-4H3,(H,10,13)(H,11,12)/t8-/m0/s1. The summed E-state index contributed by atoms with van der Waals surface area (Å²) in [4.78, 5) is 22.2. The van der Waals surface area contributed by atoms with Crippen LogP contribution in [-0.2, 0) is 9.59 Å². The van der Waals surface area contributed by atoms with Crippen LogP contribution < -0.4 is 10.6 Å². The number of likely N-dealkylation sites (N-methyl/N-ethyl adjacent to an activating group) is 1. The van der Waals surface area contributed by atoms with Gasteiger partial charge in [-0.1, -0.05) is 13.8 Å². The fraction of sp³-hybridized carbons (Fsp3) is 0.778. The molecule has 13 heavy (non-hydrogen) atoms. The van der Waals surface area contributed by atoms with Gasteiger partial charge in [0.05, 0.1) is 0 Å². The number of rotatable bonds is 4. The van der Waals surface area contributed by atoms with Crippen LogP contribution in [0, 0.1) is 5.92 Å². The van der Waals surface area contributed by atoms with E-state index < -0.39 is 6.04 Å². The first-order valence-electron chi connectivity index (χ1n) is 4.53. The molecule has 1 atom stereocenters. The average Bonchev–Trinajstić information content (AvgIpc) is 1.99. The van der Waals surface area contributed by atoms with Gasteiger partial charge in [0.1, 0.15) is 6.04 Å². The third kappa shape index (κ3) is 4.50. The molecule has 2 amide bonds. The smallest absolute Gasteiger partial charge is 0.242 e. The fourth-order valence-electron chi connectivity index (χ4n) is 1.04. The number of amides is 2. The van der Waals surface area contributed by atoms with E-state index in [1.165, 1.54) is 6.92 Å². The quantitative estimate of drug-likeness (QED) is 0.662. The minimum atomic E-state index is -0.419. The number of carbonyl (C=O) groups is 2. The van der Waals surface area contributed by atoms with Gasteiger partial charge in [0.2, 0.25) is 11.8 Å². The molecule has 76 valence electrons. The van der Waals surface area contributed by atoms with Crippen LogP contribution in [0.15, 0.2) is 0 Å². The first kappa shape index (κ1) is 11.9. The molecule has 0 rings (SSSR count). The number of carbonyl (C=O) groups excluding carboxylic acids is 2. The van der Waals surface area contributed by atoms with E-state index in [1.54, 1.807) is 0 Å². The lowest BCUT2D eigenvalue weighted by Crippen LogP contribution is -2.49. The number of nitrogens with one attached hydrogen (secondary N) is 2. The van der Waals surface area contributed by atoms with Gasteiger partial charge in [-0.15, -0.1) is 0 Å². The van der Waals surface area contributed by atoms with Crippen LogP contribution in [0.2, 0.25) is 0 Å². The Morgan fingerprint density at radius 1 is 1.31 bits per heavy atom. The van der Waals surface area contributed by atoms with E-state index in [1.807, 2.05) is 20.8 Å². The van der Waals surface area contributed by atoms with Crippen molar-refractivity contribution in [1.82, 2.24) is 10.6 Å². The summed E-state index contributed by atoms with van der Waals surface area (Å²) in [6.45, 7) is 7.64. The molecular formula is C9H18N2O2. The molecule has 0 aromatic rings. The summed E-state index contributed by atoms with van der Waals surface area (Å²) in [7, 11) is 0. The summed E-state index contributed by atoms with van der Waals surface area (Å²) in [5, 5.41) is 5.29. The van der Waals surface area contributed by atoms with Crippen molar-refractivity contribution in [3.8, 4) is 0 Å². The Kier molecular flexibility index (Phi) is 5.11. The van der Waals surface area contributed by atoms with Gasteiger partial charge in [0.15, 0.2) is 0 Å². The van der Waals surface area contributed by atoms with Gasteiger partial charge in [-0.3, -0.25) is 9.59 Å². The van der Waals surface area contributed by atoms with E-state index in [-0.39, 0.29) is 17.7 Å². The normalized spacial score (nSPS) is 12.4. The highest BCUT2D eigenvalue weighted by Crippen LogP contribution is 2.01. The van der Waals surface area contributed by atoms with Crippen molar-refractivity contribution in [3.05, 3.63) is 0 Å². The molecule has 0 aromatic heterocycles. The Bertz CT molecular complexity index is 190. The molecule has 0 fully saturated rings. The summed E-state index contributed by atoms with van der Waals surface area (Å²) in [5.41, 5.74) is 0. The van der Waals surface area contributed by atoms with E-state index in [0.717, 1.165) is 0 Å². The van der Waals surface area contributed by atoms with E-state index in [2.05, 4.69) is 10.6 Å². The molecule has 0 saturated carbocycles. The Hall–Kier alpha value is -1.06.